The van der Waals surface area contributed by atoms with Crippen LogP contribution in [0.3, 0.4) is 0 Å². The van der Waals surface area contributed by atoms with Gasteiger partial charge in [-0.05, 0) is 44.6 Å². The van der Waals surface area contributed by atoms with Crippen molar-refractivity contribution >= 4 is 28.9 Å². The second kappa shape index (κ2) is 9.70. The molecule has 0 N–H and O–H groups in total. The zero-order valence-corrected chi connectivity index (χ0v) is 19.1. The summed E-state index contributed by atoms with van der Waals surface area (Å²) in [6, 6.07) is 14.5. The van der Waals surface area contributed by atoms with Crippen LogP contribution in [0.25, 0.3) is 0 Å². The summed E-state index contributed by atoms with van der Waals surface area (Å²) < 4.78 is 0. The number of carbonyl (C=O) groups excluding carboxylic acids is 2. The van der Waals surface area contributed by atoms with Crippen LogP contribution in [-0.2, 0) is 16.1 Å². The maximum absolute atomic E-state index is 13.0. The number of rotatable bonds is 8. The molecule has 2 aliphatic rings. The standard InChI is InChI=1S/C25H30N4O4/c1-26(2)14-15-27(17-18-8-4-3-5-9-18)22-13-12-19(16-23(22)29(32)33)28-24(30)20-10-6-7-11-21(20)25(28)31/h3-5,8-9,12-13,16,20-21H,6-7,10-11,14-15,17H2,1-2H3/t20-,21-/m0/s1. The first-order valence-corrected chi connectivity index (χ1v) is 11.5. The van der Waals surface area contributed by atoms with Gasteiger partial charge in [-0.15, -0.1) is 0 Å². The minimum Gasteiger partial charge on any atom is -0.360 e. The Morgan fingerprint density at radius 1 is 0.970 bits per heavy atom. The number of hydrogen-bond acceptors (Lipinski definition) is 6. The van der Waals surface area contributed by atoms with Gasteiger partial charge in [0.15, 0.2) is 0 Å². The number of hydrogen-bond donors (Lipinski definition) is 0. The topological polar surface area (TPSA) is 87.0 Å². The molecule has 8 nitrogen and oxygen atoms in total. The van der Waals surface area contributed by atoms with Crippen molar-refractivity contribution in [2.24, 2.45) is 11.8 Å². The van der Waals surface area contributed by atoms with Crippen molar-refractivity contribution in [3.63, 3.8) is 0 Å². The number of nitro benzene ring substituents is 1. The largest absolute Gasteiger partial charge is 0.360 e. The van der Waals surface area contributed by atoms with Gasteiger partial charge in [-0.25, -0.2) is 4.90 Å². The average Bonchev–Trinajstić information content (AvgIpc) is 3.07. The maximum Gasteiger partial charge on any atom is 0.294 e. The zero-order chi connectivity index (χ0) is 23.5. The Hall–Kier alpha value is -3.26. The van der Waals surface area contributed by atoms with Crippen molar-refractivity contribution in [3.8, 4) is 0 Å². The molecule has 1 saturated heterocycles. The molecule has 2 aromatic rings. The predicted molar refractivity (Wildman–Crippen MR) is 127 cm³/mol. The Labute approximate surface area is 193 Å². The van der Waals surface area contributed by atoms with Gasteiger partial charge < -0.3 is 9.80 Å². The van der Waals surface area contributed by atoms with Gasteiger partial charge in [-0.3, -0.25) is 19.7 Å². The summed E-state index contributed by atoms with van der Waals surface area (Å²) in [5, 5.41) is 12.1. The van der Waals surface area contributed by atoms with Crippen LogP contribution < -0.4 is 9.80 Å². The first-order chi connectivity index (χ1) is 15.9. The molecule has 33 heavy (non-hydrogen) atoms. The average molecular weight is 451 g/mol. The minimum atomic E-state index is -0.426. The fourth-order valence-electron chi connectivity index (χ4n) is 4.89. The second-order valence-electron chi connectivity index (χ2n) is 9.15. The molecule has 0 spiro atoms. The van der Waals surface area contributed by atoms with Gasteiger partial charge in [0.05, 0.1) is 22.4 Å². The van der Waals surface area contributed by atoms with E-state index in [1.807, 2.05) is 54.2 Å². The molecule has 2 amide bonds. The number of nitro groups is 1. The number of nitrogens with zero attached hydrogens (tertiary/aromatic N) is 4. The molecule has 1 heterocycles. The van der Waals surface area contributed by atoms with E-state index in [1.165, 1.54) is 11.0 Å². The lowest BCUT2D eigenvalue weighted by Gasteiger charge is -2.27. The highest BCUT2D eigenvalue weighted by molar-refractivity contribution is 6.22. The van der Waals surface area contributed by atoms with E-state index in [0.717, 1.165) is 24.9 Å². The van der Waals surface area contributed by atoms with Crippen LogP contribution in [0.5, 0.6) is 0 Å². The minimum absolute atomic E-state index is 0.0994. The van der Waals surface area contributed by atoms with Crippen LogP contribution in [0.2, 0.25) is 0 Å². The highest BCUT2D eigenvalue weighted by Gasteiger charge is 2.49. The Balaban J connectivity index is 1.68. The SMILES string of the molecule is CN(C)CCN(Cc1ccccc1)c1ccc(N2C(=O)[C@H]3CCCC[C@@H]3C2=O)cc1[N+](=O)[O-]. The highest BCUT2D eigenvalue weighted by Crippen LogP contribution is 2.42. The van der Waals surface area contributed by atoms with Crippen molar-refractivity contribution in [1.29, 1.82) is 0 Å². The van der Waals surface area contributed by atoms with Crippen molar-refractivity contribution in [2.75, 3.05) is 37.0 Å². The van der Waals surface area contributed by atoms with E-state index < -0.39 is 4.92 Å². The highest BCUT2D eigenvalue weighted by atomic mass is 16.6. The summed E-state index contributed by atoms with van der Waals surface area (Å²) in [6.45, 7) is 1.83. The molecule has 4 rings (SSSR count). The van der Waals surface area contributed by atoms with Gasteiger partial charge in [-0.1, -0.05) is 43.2 Å². The summed E-state index contributed by atoms with van der Waals surface area (Å²) >= 11 is 0. The third-order valence-corrected chi connectivity index (χ3v) is 6.63. The lowest BCUT2D eigenvalue weighted by atomic mass is 9.81. The third-order valence-electron chi connectivity index (χ3n) is 6.63. The van der Waals surface area contributed by atoms with E-state index in [1.54, 1.807) is 12.1 Å². The summed E-state index contributed by atoms with van der Waals surface area (Å²) in [4.78, 5) is 42.8. The number of anilines is 2. The first-order valence-electron chi connectivity index (χ1n) is 11.5. The molecule has 2 atom stereocenters. The van der Waals surface area contributed by atoms with Crippen LogP contribution in [0.4, 0.5) is 17.1 Å². The molecule has 0 aromatic heterocycles. The van der Waals surface area contributed by atoms with Gasteiger partial charge >= 0.3 is 0 Å². The zero-order valence-electron chi connectivity index (χ0n) is 19.1. The molecule has 1 aliphatic heterocycles. The molecular weight excluding hydrogens is 420 g/mol. The van der Waals surface area contributed by atoms with Crippen molar-refractivity contribution in [2.45, 2.75) is 32.2 Å². The van der Waals surface area contributed by atoms with E-state index in [4.69, 9.17) is 0 Å². The Kier molecular flexibility index (Phi) is 6.74. The first kappa shape index (κ1) is 22.9. The van der Waals surface area contributed by atoms with Crippen LogP contribution in [-0.4, -0.2) is 48.8 Å². The predicted octanol–water partition coefficient (Wildman–Crippen LogP) is 3.84. The Bertz CT molecular complexity index is 1020. The Morgan fingerprint density at radius 3 is 2.18 bits per heavy atom. The summed E-state index contributed by atoms with van der Waals surface area (Å²) in [6.07, 6.45) is 3.30. The molecule has 2 fully saturated rings. The number of fused-ring (bicyclic) bond motifs is 1. The number of likely N-dealkylation sites (N-methyl/N-ethyl adjacent to an activating group) is 1. The monoisotopic (exact) mass is 450 g/mol. The van der Waals surface area contributed by atoms with Crippen molar-refractivity contribution in [1.82, 2.24) is 4.90 Å². The quantitative estimate of drug-likeness (QED) is 0.345. The fourth-order valence-corrected chi connectivity index (χ4v) is 4.89. The molecule has 8 heteroatoms. The van der Waals surface area contributed by atoms with E-state index >= 15 is 0 Å². The Morgan fingerprint density at radius 2 is 1.61 bits per heavy atom. The molecule has 0 radical (unpaired) electrons. The maximum atomic E-state index is 13.0. The molecule has 1 saturated carbocycles. The number of benzene rings is 2. The van der Waals surface area contributed by atoms with Gasteiger partial charge in [0, 0.05) is 25.7 Å². The lowest BCUT2D eigenvalue weighted by Crippen LogP contribution is -2.33. The van der Waals surface area contributed by atoms with E-state index in [-0.39, 0.29) is 29.3 Å². The van der Waals surface area contributed by atoms with Gasteiger partial charge in [0.1, 0.15) is 5.69 Å². The second-order valence-corrected chi connectivity index (χ2v) is 9.15. The van der Waals surface area contributed by atoms with Crippen LogP contribution in [0.15, 0.2) is 48.5 Å². The lowest BCUT2D eigenvalue weighted by molar-refractivity contribution is -0.384. The summed E-state index contributed by atoms with van der Waals surface area (Å²) in [5.74, 6) is -1.03. The number of carbonyl (C=O) groups is 2. The van der Waals surface area contributed by atoms with Gasteiger partial charge in [0.25, 0.3) is 5.69 Å². The molecule has 174 valence electrons. The van der Waals surface area contributed by atoms with Crippen LogP contribution in [0.1, 0.15) is 31.2 Å². The molecule has 0 unspecified atom stereocenters. The van der Waals surface area contributed by atoms with Crippen molar-refractivity contribution in [3.05, 3.63) is 64.2 Å². The number of imide groups is 1. The van der Waals surface area contributed by atoms with E-state index in [0.29, 0.717) is 37.3 Å². The molecule has 1 aliphatic carbocycles. The molecular formula is C25H30N4O4. The van der Waals surface area contributed by atoms with Crippen LogP contribution in [0, 0.1) is 22.0 Å². The van der Waals surface area contributed by atoms with Crippen LogP contribution >= 0.6 is 0 Å². The van der Waals surface area contributed by atoms with Crippen molar-refractivity contribution < 1.29 is 14.5 Å². The molecule has 2 aromatic carbocycles. The fraction of sp³-hybridized carbons (Fsp3) is 0.440. The summed E-state index contributed by atoms with van der Waals surface area (Å²) in [5.41, 5.74) is 1.72. The summed E-state index contributed by atoms with van der Waals surface area (Å²) in [7, 11) is 3.92. The number of amides is 2. The van der Waals surface area contributed by atoms with Gasteiger partial charge in [0.2, 0.25) is 11.8 Å². The van der Waals surface area contributed by atoms with E-state index in [2.05, 4.69) is 0 Å². The molecule has 0 bridgehead atoms. The third kappa shape index (κ3) is 4.75. The van der Waals surface area contributed by atoms with E-state index in [9.17, 15) is 19.7 Å². The van der Waals surface area contributed by atoms with Gasteiger partial charge in [-0.2, -0.15) is 0 Å². The normalized spacial score (nSPS) is 20.3. The smallest absolute Gasteiger partial charge is 0.294 e.